The van der Waals surface area contributed by atoms with E-state index in [1.807, 2.05) is 31.2 Å². The predicted octanol–water partition coefficient (Wildman–Crippen LogP) is 4.62. The summed E-state index contributed by atoms with van der Waals surface area (Å²) in [6.45, 7) is 6.57. The molecule has 3 aromatic rings. The van der Waals surface area contributed by atoms with Gasteiger partial charge in [-0.2, -0.15) is 0 Å². The third-order valence-electron chi connectivity index (χ3n) is 4.12. The molecule has 0 atom stereocenters. The van der Waals surface area contributed by atoms with Crippen molar-refractivity contribution in [1.82, 2.24) is 10.3 Å². The van der Waals surface area contributed by atoms with Crippen LogP contribution in [0.4, 0.5) is 5.13 Å². The van der Waals surface area contributed by atoms with Gasteiger partial charge in [-0.05, 0) is 49.7 Å². The van der Waals surface area contributed by atoms with Crippen LogP contribution >= 0.6 is 22.7 Å². The van der Waals surface area contributed by atoms with Gasteiger partial charge in [0.15, 0.2) is 11.7 Å². The number of aromatic nitrogens is 1. The van der Waals surface area contributed by atoms with E-state index in [1.54, 1.807) is 23.5 Å². The number of nitrogens with one attached hydrogen (secondary N) is 2. The highest BCUT2D eigenvalue weighted by Crippen LogP contribution is 2.34. The molecule has 0 fully saturated rings. The van der Waals surface area contributed by atoms with Gasteiger partial charge in [-0.15, -0.1) is 22.7 Å². The lowest BCUT2D eigenvalue weighted by Gasteiger charge is -2.08. The Morgan fingerprint density at radius 3 is 2.42 bits per heavy atom. The van der Waals surface area contributed by atoms with Crippen molar-refractivity contribution in [1.29, 1.82) is 0 Å². The highest BCUT2D eigenvalue weighted by atomic mass is 32.1. The van der Waals surface area contributed by atoms with E-state index in [9.17, 15) is 9.59 Å². The summed E-state index contributed by atoms with van der Waals surface area (Å²) in [5.74, 6) is 1.04. The first kappa shape index (κ1) is 22.8. The molecule has 2 amide bonds. The minimum absolute atomic E-state index is 0.0622. The lowest BCUT2D eigenvalue weighted by Crippen LogP contribution is -2.20. The van der Waals surface area contributed by atoms with Crippen molar-refractivity contribution in [3.05, 3.63) is 46.2 Å². The summed E-state index contributed by atoms with van der Waals surface area (Å²) in [4.78, 5) is 31.0. The van der Waals surface area contributed by atoms with Crippen LogP contribution in [-0.4, -0.2) is 30.0 Å². The Hall–Kier alpha value is -2.91. The van der Waals surface area contributed by atoms with E-state index in [1.165, 1.54) is 18.3 Å². The molecule has 2 heterocycles. The fraction of sp³-hybridized carbons (Fsp3) is 0.318. The van der Waals surface area contributed by atoms with Crippen molar-refractivity contribution in [3.8, 4) is 22.1 Å². The number of carbonyl (C=O) groups excluding carboxylic acids is 2. The lowest BCUT2D eigenvalue weighted by atomic mass is 10.3. The third kappa shape index (κ3) is 6.80. The number of anilines is 1. The van der Waals surface area contributed by atoms with Gasteiger partial charge in [-0.1, -0.05) is 6.92 Å². The SMILES string of the molecule is CCCOc1ccc(OCC(=O)Nc2nc(-c3ccc(CNC(C)=O)s3)c(C)s2)cc1. The zero-order valence-corrected chi connectivity index (χ0v) is 19.3. The first-order valence-corrected chi connectivity index (χ1v) is 11.5. The van der Waals surface area contributed by atoms with Gasteiger partial charge < -0.3 is 14.8 Å². The van der Waals surface area contributed by atoms with E-state index in [-0.39, 0.29) is 18.4 Å². The summed E-state index contributed by atoms with van der Waals surface area (Å²) in [6, 6.07) is 11.1. The monoisotopic (exact) mass is 459 g/mol. The van der Waals surface area contributed by atoms with Crippen molar-refractivity contribution in [2.24, 2.45) is 0 Å². The number of aryl methyl sites for hydroxylation is 1. The molecule has 0 saturated heterocycles. The van der Waals surface area contributed by atoms with Gasteiger partial charge in [0.25, 0.3) is 5.91 Å². The first-order chi connectivity index (χ1) is 14.9. The van der Waals surface area contributed by atoms with E-state index < -0.39 is 0 Å². The van der Waals surface area contributed by atoms with E-state index in [0.717, 1.165) is 32.5 Å². The van der Waals surface area contributed by atoms with Crippen LogP contribution in [0.2, 0.25) is 0 Å². The molecule has 164 valence electrons. The molecule has 3 rings (SSSR count). The molecule has 1 aromatic carbocycles. The Labute approximate surface area is 189 Å². The van der Waals surface area contributed by atoms with Gasteiger partial charge in [0, 0.05) is 16.7 Å². The van der Waals surface area contributed by atoms with Gasteiger partial charge >= 0.3 is 0 Å². The van der Waals surface area contributed by atoms with Crippen LogP contribution < -0.4 is 20.1 Å². The van der Waals surface area contributed by atoms with E-state index in [0.29, 0.717) is 24.0 Å². The van der Waals surface area contributed by atoms with Crippen LogP contribution in [0, 0.1) is 6.92 Å². The summed E-state index contributed by atoms with van der Waals surface area (Å²) in [5, 5.41) is 6.11. The minimum Gasteiger partial charge on any atom is -0.494 e. The summed E-state index contributed by atoms with van der Waals surface area (Å²) in [5.41, 5.74) is 0.836. The zero-order valence-electron chi connectivity index (χ0n) is 17.7. The van der Waals surface area contributed by atoms with Crippen LogP contribution in [0.25, 0.3) is 10.6 Å². The molecular weight excluding hydrogens is 434 g/mol. The van der Waals surface area contributed by atoms with Crippen LogP contribution in [0.15, 0.2) is 36.4 Å². The van der Waals surface area contributed by atoms with Gasteiger partial charge in [0.1, 0.15) is 11.5 Å². The second kappa shape index (κ2) is 10.9. The Bertz CT molecular complexity index is 1030. The van der Waals surface area contributed by atoms with E-state index in [2.05, 4.69) is 22.5 Å². The molecule has 0 radical (unpaired) electrons. The van der Waals surface area contributed by atoms with E-state index in [4.69, 9.17) is 9.47 Å². The Kier molecular flexibility index (Phi) is 8.02. The smallest absolute Gasteiger partial charge is 0.264 e. The molecule has 2 N–H and O–H groups in total. The number of ether oxygens (including phenoxy) is 2. The molecule has 31 heavy (non-hydrogen) atoms. The fourth-order valence-corrected chi connectivity index (χ4v) is 4.55. The Morgan fingerprint density at radius 2 is 1.74 bits per heavy atom. The van der Waals surface area contributed by atoms with Crippen LogP contribution in [0.5, 0.6) is 11.5 Å². The highest BCUT2D eigenvalue weighted by Gasteiger charge is 2.14. The molecular formula is C22H25N3O4S2. The van der Waals surface area contributed by atoms with Crippen molar-refractivity contribution >= 4 is 39.6 Å². The molecule has 0 aliphatic heterocycles. The second-order valence-corrected chi connectivity index (χ2v) is 9.13. The maximum absolute atomic E-state index is 12.3. The first-order valence-electron chi connectivity index (χ1n) is 9.91. The van der Waals surface area contributed by atoms with Crippen molar-refractivity contribution in [2.45, 2.75) is 33.7 Å². The molecule has 0 bridgehead atoms. The molecule has 0 aliphatic rings. The largest absolute Gasteiger partial charge is 0.494 e. The summed E-state index contributed by atoms with van der Waals surface area (Å²) in [7, 11) is 0. The number of benzene rings is 1. The number of thiophene rings is 1. The highest BCUT2D eigenvalue weighted by molar-refractivity contribution is 7.18. The summed E-state index contributed by atoms with van der Waals surface area (Å²) < 4.78 is 11.1. The zero-order chi connectivity index (χ0) is 22.2. The average Bonchev–Trinajstić information content (AvgIpc) is 3.36. The number of nitrogens with zero attached hydrogens (tertiary/aromatic N) is 1. The maximum atomic E-state index is 12.3. The molecule has 0 spiro atoms. The summed E-state index contributed by atoms with van der Waals surface area (Å²) in [6.07, 6.45) is 0.946. The molecule has 0 saturated carbocycles. The van der Waals surface area contributed by atoms with Crippen molar-refractivity contribution in [3.63, 3.8) is 0 Å². The number of carbonyl (C=O) groups is 2. The Balaban J connectivity index is 1.53. The van der Waals surface area contributed by atoms with Gasteiger partial charge in [0.2, 0.25) is 5.91 Å². The quantitative estimate of drug-likeness (QED) is 0.462. The molecule has 9 heteroatoms. The minimum atomic E-state index is -0.274. The third-order valence-corrected chi connectivity index (χ3v) is 6.09. The average molecular weight is 460 g/mol. The number of hydrogen-bond donors (Lipinski definition) is 2. The van der Waals surface area contributed by atoms with Gasteiger partial charge in [-0.3, -0.25) is 14.9 Å². The van der Waals surface area contributed by atoms with Gasteiger partial charge in [0.05, 0.1) is 23.7 Å². The lowest BCUT2D eigenvalue weighted by molar-refractivity contribution is -0.119. The van der Waals surface area contributed by atoms with Crippen molar-refractivity contribution < 1.29 is 19.1 Å². The van der Waals surface area contributed by atoms with Gasteiger partial charge in [-0.25, -0.2) is 4.98 Å². The Morgan fingerprint density at radius 1 is 1.03 bits per heavy atom. The standard InChI is InChI=1S/C22H25N3O4S2/c1-4-11-28-16-5-7-17(8-6-16)29-13-20(27)24-22-25-21(14(2)30-22)19-10-9-18(31-19)12-23-15(3)26/h5-10H,4,11-13H2,1-3H3,(H,23,26)(H,24,25,27). The normalized spacial score (nSPS) is 10.5. The topological polar surface area (TPSA) is 89.6 Å². The van der Waals surface area contributed by atoms with Crippen LogP contribution in [0.3, 0.4) is 0 Å². The fourth-order valence-electron chi connectivity index (χ4n) is 2.65. The number of thiazole rings is 1. The number of hydrogen-bond acceptors (Lipinski definition) is 7. The van der Waals surface area contributed by atoms with E-state index >= 15 is 0 Å². The number of amides is 2. The summed E-state index contributed by atoms with van der Waals surface area (Å²) >= 11 is 2.99. The van der Waals surface area contributed by atoms with Crippen LogP contribution in [-0.2, 0) is 16.1 Å². The molecule has 2 aromatic heterocycles. The second-order valence-electron chi connectivity index (χ2n) is 6.76. The van der Waals surface area contributed by atoms with Crippen molar-refractivity contribution in [2.75, 3.05) is 18.5 Å². The predicted molar refractivity (Wildman–Crippen MR) is 124 cm³/mol. The van der Waals surface area contributed by atoms with Crippen LogP contribution in [0.1, 0.15) is 30.0 Å². The maximum Gasteiger partial charge on any atom is 0.264 e. The molecule has 0 aliphatic carbocycles. The molecule has 0 unspecified atom stereocenters. The molecule has 7 nitrogen and oxygen atoms in total. The number of rotatable bonds is 10.